The number of hydrazine groups is 1. The van der Waals surface area contributed by atoms with Crippen LogP contribution >= 0.6 is 11.3 Å². The number of likely N-dealkylation sites (tertiary alicyclic amines) is 1. The summed E-state index contributed by atoms with van der Waals surface area (Å²) < 4.78 is 0. The molecule has 0 amide bonds. The molecule has 0 aliphatic carbocycles. The fourth-order valence-electron chi connectivity index (χ4n) is 2.45. The van der Waals surface area contributed by atoms with Crippen molar-refractivity contribution >= 4 is 27.4 Å². The van der Waals surface area contributed by atoms with Crippen molar-refractivity contribution in [1.82, 2.24) is 14.9 Å². The zero-order valence-electron chi connectivity index (χ0n) is 10.8. The van der Waals surface area contributed by atoms with Crippen molar-refractivity contribution in [3.8, 4) is 0 Å². The van der Waals surface area contributed by atoms with Crippen LogP contribution < -0.4 is 11.3 Å². The number of nitrogens with zero attached hydrogens (tertiary/aromatic N) is 3. The first-order valence-electron chi connectivity index (χ1n) is 6.23. The lowest BCUT2D eigenvalue weighted by molar-refractivity contribution is 0.0676. The lowest BCUT2D eigenvalue weighted by Crippen LogP contribution is -2.30. The van der Waals surface area contributed by atoms with Gasteiger partial charge in [0.15, 0.2) is 5.82 Å². The quantitative estimate of drug-likeness (QED) is 0.572. The second kappa shape index (κ2) is 4.68. The molecule has 19 heavy (non-hydrogen) atoms. The smallest absolute Gasteiger partial charge is 0.152 e. The number of aliphatic hydroxyl groups is 1. The van der Waals surface area contributed by atoms with Crippen molar-refractivity contribution in [3.05, 3.63) is 17.3 Å². The molecule has 1 unspecified atom stereocenters. The molecule has 1 aliphatic heterocycles. The highest BCUT2D eigenvalue weighted by molar-refractivity contribution is 7.16. The molecule has 0 radical (unpaired) electrons. The molecule has 2 aromatic rings. The fraction of sp³-hybridized carbons (Fsp3) is 0.500. The third kappa shape index (κ3) is 2.55. The Bertz CT molecular complexity index is 597. The summed E-state index contributed by atoms with van der Waals surface area (Å²) in [5.41, 5.74) is 2.03. The molecule has 2 aromatic heterocycles. The van der Waals surface area contributed by atoms with E-state index in [1.54, 1.807) is 11.3 Å². The molecule has 1 saturated heterocycles. The summed E-state index contributed by atoms with van der Waals surface area (Å²) in [5, 5.41) is 12.9. The lowest BCUT2D eigenvalue weighted by Gasteiger charge is -2.18. The lowest BCUT2D eigenvalue weighted by atomic mass is 10.1. The third-order valence-electron chi connectivity index (χ3n) is 3.40. The number of rotatable bonds is 3. The number of fused-ring (bicyclic) bond motifs is 1. The third-order valence-corrected chi connectivity index (χ3v) is 4.21. The monoisotopic (exact) mass is 279 g/mol. The Kier molecular flexibility index (Phi) is 3.14. The van der Waals surface area contributed by atoms with Gasteiger partial charge in [-0.3, -0.25) is 4.90 Å². The highest BCUT2D eigenvalue weighted by Gasteiger charge is 2.31. The molecule has 3 rings (SSSR count). The predicted octanol–water partition coefficient (Wildman–Crippen LogP) is 0.934. The molecule has 0 spiro atoms. The Hall–Kier alpha value is -1.28. The standard InChI is InChI=1S/C12H17N5OS/c1-12(18)3-4-17(7-12)6-9-14-10(16-13)8-2-5-19-11(8)15-9/h2,5,18H,3-4,6-7,13H2,1H3,(H,14,15,16). The number of aromatic nitrogens is 2. The van der Waals surface area contributed by atoms with Crippen LogP contribution in [0, 0.1) is 0 Å². The molecule has 4 N–H and O–H groups in total. The number of thiophene rings is 1. The number of β-amino-alcohol motifs (C(OH)–C–C–N with tert-alkyl or cyclic N) is 1. The summed E-state index contributed by atoms with van der Waals surface area (Å²) in [7, 11) is 0. The molecule has 1 fully saturated rings. The molecule has 0 aromatic carbocycles. The van der Waals surface area contributed by atoms with E-state index in [1.807, 2.05) is 18.4 Å². The van der Waals surface area contributed by atoms with E-state index in [1.165, 1.54) is 0 Å². The van der Waals surface area contributed by atoms with E-state index in [0.29, 0.717) is 18.9 Å². The second-order valence-corrected chi connectivity index (χ2v) is 6.12. The van der Waals surface area contributed by atoms with Gasteiger partial charge < -0.3 is 10.5 Å². The zero-order valence-corrected chi connectivity index (χ0v) is 11.6. The number of anilines is 1. The van der Waals surface area contributed by atoms with Crippen LogP contribution in [0.5, 0.6) is 0 Å². The number of nitrogen functional groups attached to an aromatic ring is 1. The Labute approximate surface area is 115 Å². The highest BCUT2D eigenvalue weighted by atomic mass is 32.1. The van der Waals surface area contributed by atoms with Crippen molar-refractivity contribution in [2.45, 2.75) is 25.5 Å². The molecule has 0 saturated carbocycles. The van der Waals surface area contributed by atoms with E-state index in [-0.39, 0.29) is 0 Å². The molecule has 0 bridgehead atoms. The number of hydrogen-bond donors (Lipinski definition) is 3. The number of hydrogen-bond acceptors (Lipinski definition) is 7. The van der Waals surface area contributed by atoms with Gasteiger partial charge >= 0.3 is 0 Å². The maximum atomic E-state index is 9.97. The van der Waals surface area contributed by atoms with Gasteiger partial charge in [-0.1, -0.05) is 0 Å². The first-order valence-corrected chi connectivity index (χ1v) is 7.11. The largest absolute Gasteiger partial charge is 0.389 e. The molecular weight excluding hydrogens is 262 g/mol. The number of nitrogens with two attached hydrogens (primary N) is 1. The van der Waals surface area contributed by atoms with Crippen LogP contribution in [-0.2, 0) is 6.54 Å². The van der Waals surface area contributed by atoms with Crippen LogP contribution in [0.15, 0.2) is 11.4 Å². The van der Waals surface area contributed by atoms with Gasteiger partial charge in [-0.25, -0.2) is 15.8 Å². The highest BCUT2D eigenvalue weighted by Crippen LogP contribution is 2.26. The normalized spacial score (nSPS) is 24.2. The minimum absolute atomic E-state index is 0.595. The van der Waals surface area contributed by atoms with Crippen molar-refractivity contribution in [2.75, 3.05) is 18.5 Å². The van der Waals surface area contributed by atoms with Gasteiger partial charge in [0.25, 0.3) is 0 Å². The van der Waals surface area contributed by atoms with Gasteiger partial charge in [0.1, 0.15) is 10.7 Å². The molecule has 102 valence electrons. The van der Waals surface area contributed by atoms with Gasteiger partial charge in [-0.05, 0) is 24.8 Å². The van der Waals surface area contributed by atoms with Crippen LogP contribution in [0.25, 0.3) is 10.2 Å². The average Bonchev–Trinajstić information content (AvgIpc) is 2.94. The van der Waals surface area contributed by atoms with Crippen LogP contribution in [0.3, 0.4) is 0 Å². The van der Waals surface area contributed by atoms with Gasteiger partial charge in [-0.2, -0.15) is 0 Å². The summed E-state index contributed by atoms with van der Waals surface area (Å²) in [6, 6.07) is 1.96. The zero-order chi connectivity index (χ0) is 13.5. The summed E-state index contributed by atoms with van der Waals surface area (Å²) in [4.78, 5) is 12.1. The van der Waals surface area contributed by atoms with Gasteiger partial charge in [-0.15, -0.1) is 11.3 Å². The molecule has 1 atom stereocenters. The van der Waals surface area contributed by atoms with Crippen molar-refractivity contribution in [1.29, 1.82) is 0 Å². The van der Waals surface area contributed by atoms with Gasteiger partial charge in [0, 0.05) is 13.1 Å². The average molecular weight is 279 g/mol. The van der Waals surface area contributed by atoms with Crippen molar-refractivity contribution in [2.24, 2.45) is 5.84 Å². The minimum Gasteiger partial charge on any atom is -0.389 e. The van der Waals surface area contributed by atoms with Crippen molar-refractivity contribution in [3.63, 3.8) is 0 Å². The molecule has 7 heteroatoms. The molecule has 6 nitrogen and oxygen atoms in total. The van der Waals surface area contributed by atoms with E-state index in [0.717, 1.165) is 29.0 Å². The first kappa shape index (κ1) is 12.7. The van der Waals surface area contributed by atoms with Crippen LogP contribution in [0.1, 0.15) is 19.2 Å². The Morgan fingerprint density at radius 1 is 1.58 bits per heavy atom. The summed E-state index contributed by atoms with van der Waals surface area (Å²) >= 11 is 1.57. The number of nitrogens with one attached hydrogen (secondary N) is 1. The first-order chi connectivity index (χ1) is 9.07. The second-order valence-electron chi connectivity index (χ2n) is 5.23. The summed E-state index contributed by atoms with van der Waals surface area (Å²) in [5.74, 6) is 6.90. The van der Waals surface area contributed by atoms with Gasteiger partial charge in [0.2, 0.25) is 0 Å². The summed E-state index contributed by atoms with van der Waals surface area (Å²) in [6.45, 7) is 4.02. The maximum Gasteiger partial charge on any atom is 0.152 e. The van der Waals surface area contributed by atoms with Crippen molar-refractivity contribution < 1.29 is 5.11 Å². The van der Waals surface area contributed by atoms with E-state index in [4.69, 9.17) is 5.84 Å². The van der Waals surface area contributed by atoms with E-state index in [2.05, 4.69) is 20.3 Å². The predicted molar refractivity (Wildman–Crippen MR) is 75.7 cm³/mol. The van der Waals surface area contributed by atoms with E-state index >= 15 is 0 Å². The SMILES string of the molecule is CC1(O)CCN(Cc2nc(NN)c3ccsc3n2)C1. The minimum atomic E-state index is -0.595. The topological polar surface area (TPSA) is 87.3 Å². The Morgan fingerprint density at radius 3 is 3.11 bits per heavy atom. The maximum absolute atomic E-state index is 9.97. The molecular formula is C12H17N5OS. The fourth-order valence-corrected chi connectivity index (χ4v) is 3.24. The van der Waals surface area contributed by atoms with E-state index in [9.17, 15) is 5.11 Å². The van der Waals surface area contributed by atoms with E-state index < -0.39 is 5.60 Å². The Balaban J connectivity index is 1.85. The summed E-state index contributed by atoms with van der Waals surface area (Å²) in [6.07, 6.45) is 0.788. The van der Waals surface area contributed by atoms with Crippen LogP contribution in [0.4, 0.5) is 5.82 Å². The van der Waals surface area contributed by atoms with Crippen LogP contribution in [0.2, 0.25) is 0 Å². The van der Waals surface area contributed by atoms with Gasteiger partial charge in [0.05, 0.1) is 17.5 Å². The molecule has 3 heterocycles. The Morgan fingerprint density at radius 2 is 2.42 bits per heavy atom. The van der Waals surface area contributed by atoms with Crippen LogP contribution in [-0.4, -0.2) is 38.7 Å². The molecule has 1 aliphatic rings.